The highest BCUT2D eigenvalue weighted by Crippen LogP contribution is 2.39. The zero-order valence-corrected chi connectivity index (χ0v) is 18.0. The van der Waals surface area contributed by atoms with Gasteiger partial charge in [0, 0.05) is 0 Å². The Kier molecular flexibility index (Phi) is 4.55. The molecular weight excluding hydrogens is 409 g/mol. The summed E-state index contributed by atoms with van der Waals surface area (Å²) in [7, 11) is 0. The first kappa shape index (κ1) is 20.2. The summed E-state index contributed by atoms with van der Waals surface area (Å²) in [4.78, 5) is 28.4. The van der Waals surface area contributed by atoms with Gasteiger partial charge in [-0.2, -0.15) is 0 Å². The molecule has 32 heavy (non-hydrogen) atoms. The lowest BCUT2D eigenvalue weighted by Gasteiger charge is -2.25. The van der Waals surface area contributed by atoms with Gasteiger partial charge < -0.3 is 13.7 Å². The van der Waals surface area contributed by atoms with E-state index < -0.39 is 23.2 Å². The predicted octanol–water partition coefficient (Wildman–Crippen LogP) is 5.57. The van der Waals surface area contributed by atoms with Gasteiger partial charge in [0.05, 0.1) is 29.8 Å². The number of amides is 1. The summed E-state index contributed by atoms with van der Waals surface area (Å²) in [5.74, 6) is -0.353. The van der Waals surface area contributed by atoms with E-state index in [4.69, 9.17) is 8.83 Å². The minimum absolute atomic E-state index is 0.00874. The largest absolute Gasteiger partial charge is 0.467 e. The van der Waals surface area contributed by atoms with Gasteiger partial charge in [-0.25, -0.2) is 4.39 Å². The van der Waals surface area contributed by atoms with E-state index in [0.29, 0.717) is 5.76 Å². The molecule has 1 atom stereocenters. The van der Waals surface area contributed by atoms with Crippen molar-refractivity contribution in [2.75, 3.05) is 0 Å². The van der Waals surface area contributed by atoms with E-state index in [0.717, 1.165) is 17.2 Å². The van der Waals surface area contributed by atoms with Gasteiger partial charge in [-0.3, -0.25) is 9.59 Å². The third kappa shape index (κ3) is 3.23. The van der Waals surface area contributed by atoms with Crippen LogP contribution in [0.25, 0.3) is 11.0 Å². The fourth-order valence-corrected chi connectivity index (χ4v) is 4.24. The fourth-order valence-electron chi connectivity index (χ4n) is 4.24. The lowest BCUT2D eigenvalue weighted by atomic mass is 9.86. The number of fused-ring (bicyclic) bond motifs is 2. The number of hydrogen-bond donors (Lipinski definition) is 0. The Morgan fingerprint density at radius 3 is 2.44 bits per heavy atom. The van der Waals surface area contributed by atoms with E-state index in [2.05, 4.69) is 20.8 Å². The molecule has 0 spiro atoms. The molecular formula is C26H22FNO4. The zero-order valence-electron chi connectivity index (χ0n) is 18.0. The third-order valence-electron chi connectivity index (χ3n) is 5.93. The number of furan rings is 1. The summed E-state index contributed by atoms with van der Waals surface area (Å²) in [6.07, 6.45) is 1.54. The number of benzene rings is 2. The maximum Gasteiger partial charge on any atom is 0.291 e. The van der Waals surface area contributed by atoms with Crippen molar-refractivity contribution in [1.82, 2.24) is 4.90 Å². The summed E-state index contributed by atoms with van der Waals surface area (Å²) in [6.45, 7) is 6.53. The van der Waals surface area contributed by atoms with Crippen molar-refractivity contribution in [3.63, 3.8) is 0 Å². The summed E-state index contributed by atoms with van der Waals surface area (Å²) >= 11 is 0. The van der Waals surface area contributed by atoms with Crippen molar-refractivity contribution >= 4 is 16.9 Å². The first-order valence-corrected chi connectivity index (χ1v) is 10.4. The first-order valence-electron chi connectivity index (χ1n) is 10.4. The van der Waals surface area contributed by atoms with E-state index >= 15 is 0 Å². The first-order chi connectivity index (χ1) is 15.2. The Balaban J connectivity index is 1.71. The van der Waals surface area contributed by atoms with Crippen molar-refractivity contribution in [3.8, 4) is 0 Å². The van der Waals surface area contributed by atoms with Crippen molar-refractivity contribution in [2.24, 2.45) is 0 Å². The van der Waals surface area contributed by atoms with Crippen LogP contribution in [-0.4, -0.2) is 10.8 Å². The maximum absolute atomic E-state index is 13.9. The molecule has 0 fully saturated rings. The van der Waals surface area contributed by atoms with Crippen LogP contribution in [0.4, 0.5) is 4.39 Å². The Hall–Kier alpha value is -3.67. The molecule has 5 rings (SSSR count). The summed E-state index contributed by atoms with van der Waals surface area (Å²) in [5, 5.41) is 0.118. The van der Waals surface area contributed by atoms with Crippen LogP contribution in [-0.2, 0) is 12.0 Å². The summed E-state index contributed by atoms with van der Waals surface area (Å²) in [6, 6.07) is 14.5. The predicted molar refractivity (Wildman–Crippen MR) is 118 cm³/mol. The molecule has 3 heterocycles. The average molecular weight is 431 g/mol. The van der Waals surface area contributed by atoms with Crippen LogP contribution in [0, 0.1) is 5.82 Å². The Morgan fingerprint density at radius 2 is 1.78 bits per heavy atom. The van der Waals surface area contributed by atoms with E-state index in [9.17, 15) is 14.0 Å². The summed E-state index contributed by atoms with van der Waals surface area (Å²) < 4.78 is 25.2. The van der Waals surface area contributed by atoms with Gasteiger partial charge in [0.15, 0.2) is 5.43 Å². The molecule has 1 amide bonds. The molecule has 0 aliphatic carbocycles. The van der Waals surface area contributed by atoms with E-state index in [1.165, 1.54) is 18.4 Å². The number of carbonyl (C=O) groups is 1. The smallest absolute Gasteiger partial charge is 0.291 e. The highest BCUT2D eigenvalue weighted by molar-refractivity contribution is 5.99. The second-order valence-corrected chi connectivity index (χ2v) is 9.10. The molecule has 0 unspecified atom stereocenters. The van der Waals surface area contributed by atoms with E-state index in [1.54, 1.807) is 17.0 Å². The van der Waals surface area contributed by atoms with Crippen LogP contribution in [0.2, 0.25) is 0 Å². The molecule has 0 radical (unpaired) electrons. The van der Waals surface area contributed by atoms with Gasteiger partial charge in [0.1, 0.15) is 17.2 Å². The van der Waals surface area contributed by atoms with Gasteiger partial charge in [-0.05, 0) is 46.9 Å². The number of carbonyl (C=O) groups excluding carboxylic acids is 1. The quantitative estimate of drug-likeness (QED) is 0.426. The van der Waals surface area contributed by atoms with Crippen LogP contribution in [0.15, 0.2) is 74.5 Å². The van der Waals surface area contributed by atoms with Gasteiger partial charge in [0.25, 0.3) is 5.91 Å². The summed E-state index contributed by atoms with van der Waals surface area (Å²) in [5.41, 5.74) is 1.88. The molecule has 0 N–H and O–H groups in total. The van der Waals surface area contributed by atoms with Crippen molar-refractivity contribution in [1.29, 1.82) is 0 Å². The molecule has 4 aromatic rings. The second-order valence-electron chi connectivity index (χ2n) is 9.10. The number of nitrogens with zero attached hydrogens (tertiary/aromatic N) is 1. The van der Waals surface area contributed by atoms with Gasteiger partial charge in [0.2, 0.25) is 5.76 Å². The fraction of sp³-hybridized carbons (Fsp3) is 0.231. The molecule has 5 nitrogen and oxygen atoms in total. The Labute approximate surface area is 184 Å². The monoisotopic (exact) mass is 431 g/mol. The number of rotatable bonds is 3. The minimum Gasteiger partial charge on any atom is -0.467 e. The normalized spacial score (nSPS) is 16.1. The van der Waals surface area contributed by atoms with Gasteiger partial charge in [-0.1, -0.05) is 45.0 Å². The SMILES string of the molecule is CC(C)(C)c1ccc([C@@H]2c3c(oc4ccc(F)cc4c3=O)C(=O)N2Cc2ccco2)cc1. The van der Waals surface area contributed by atoms with E-state index in [1.807, 2.05) is 24.3 Å². The highest BCUT2D eigenvalue weighted by atomic mass is 19.1. The Bertz CT molecular complexity index is 1380. The molecule has 1 aliphatic heterocycles. The standard InChI is InChI=1S/C26H22FNO4/c1-26(2,3)16-8-6-15(7-9-16)22-21-23(29)19-13-17(27)10-11-20(19)32-24(21)25(30)28(22)14-18-5-4-12-31-18/h4-13,22H,14H2,1-3H3/t22-/m1/s1. The van der Waals surface area contributed by atoms with Crippen molar-refractivity contribution < 1.29 is 18.0 Å². The molecule has 162 valence electrons. The van der Waals surface area contributed by atoms with Crippen molar-refractivity contribution in [3.05, 3.63) is 105 Å². The van der Waals surface area contributed by atoms with Gasteiger partial charge >= 0.3 is 0 Å². The molecule has 2 aromatic carbocycles. The second kappa shape index (κ2) is 7.19. The molecule has 0 saturated carbocycles. The Morgan fingerprint density at radius 1 is 1.03 bits per heavy atom. The van der Waals surface area contributed by atoms with Gasteiger partial charge in [-0.15, -0.1) is 0 Å². The van der Waals surface area contributed by atoms with Crippen LogP contribution in [0.5, 0.6) is 0 Å². The van der Waals surface area contributed by atoms with Crippen LogP contribution in [0.3, 0.4) is 0 Å². The molecule has 2 aromatic heterocycles. The molecule has 1 aliphatic rings. The lowest BCUT2D eigenvalue weighted by Crippen LogP contribution is -2.29. The van der Waals surface area contributed by atoms with E-state index in [-0.39, 0.29) is 34.3 Å². The lowest BCUT2D eigenvalue weighted by molar-refractivity contribution is 0.0701. The highest BCUT2D eigenvalue weighted by Gasteiger charge is 2.43. The average Bonchev–Trinajstić information content (AvgIpc) is 3.36. The number of hydrogen-bond acceptors (Lipinski definition) is 4. The molecule has 0 bridgehead atoms. The maximum atomic E-state index is 13.9. The topological polar surface area (TPSA) is 63.7 Å². The molecule has 6 heteroatoms. The van der Waals surface area contributed by atoms with Crippen LogP contribution < -0.4 is 5.43 Å². The van der Waals surface area contributed by atoms with Crippen molar-refractivity contribution in [2.45, 2.75) is 38.8 Å². The molecule has 0 saturated heterocycles. The third-order valence-corrected chi connectivity index (χ3v) is 5.93. The number of halogens is 1. The minimum atomic E-state index is -0.666. The zero-order chi connectivity index (χ0) is 22.6. The van der Waals surface area contributed by atoms with Crippen LogP contribution >= 0.6 is 0 Å². The van der Waals surface area contributed by atoms with Crippen LogP contribution in [0.1, 0.15) is 59.8 Å².